The lowest BCUT2D eigenvalue weighted by atomic mass is 9.89. The number of hydrogen-bond donors (Lipinski definition) is 2. The second-order valence-corrected chi connectivity index (χ2v) is 7.84. The molecule has 2 aromatic heterocycles. The van der Waals surface area contributed by atoms with Crippen molar-refractivity contribution in [2.75, 3.05) is 10.6 Å². The Morgan fingerprint density at radius 3 is 1.63 bits per heavy atom. The van der Waals surface area contributed by atoms with Gasteiger partial charge >= 0.3 is 0 Å². The summed E-state index contributed by atoms with van der Waals surface area (Å²) in [5, 5.41) is 8.57. The maximum absolute atomic E-state index is 14.2. The molecule has 1 aliphatic carbocycles. The predicted molar refractivity (Wildman–Crippen MR) is 117 cm³/mol. The van der Waals surface area contributed by atoms with Gasteiger partial charge in [0.2, 0.25) is 0 Å². The molecule has 2 N–H and O–H groups in total. The zero-order valence-electron chi connectivity index (χ0n) is 16.4. The first-order valence-electron chi connectivity index (χ1n) is 10.3. The Kier molecular flexibility index (Phi) is 4.91. The highest BCUT2D eigenvalue weighted by Crippen LogP contribution is 2.31. The second-order valence-electron chi connectivity index (χ2n) is 7.84. The number of benzene rings is 2. The third-order valence-electron chi connectivity index (χ3n) is 5.79. The molecule has 2 aromatic carbocycles. The van der Waals surface area contributed by atoms with E-state index in [9.17, 15) is 8.78 Å². The number of halogens is 2. The molecule has 30 heavy (non-hydrogen) atoms. The highest BCUT2D eigenvalue weighted by molar-refractivity contribution is 5.91. The molecule has 2 unspecified atom stereocenters. The fourth-order valence-electron chi connectivity index (χ4n) is 4.41. The molecule has 0 aliphatic heterocycles. The Bertz CT molecular complexity index is 1120. The quantitative estimate of drug-likeness (QED) is 0.445. The molecule has 2 atom stereocenters. The average molecular weight is 404 g/mol. The first-order chi connectivity index (χ1) is 14.7. The molecule has 4 aromatic rings. The molecule has 6 heteroatoms. The maximum atomic E-state index is 14.2. The van der Waals surface area contributed by atoms with E-state index in [0.29, 0.717) is 11.4 Å². The summed E-state index contributed by atoms with van der Waals surface area (Å²) < 4.78 is 28.4. The van der Waals surface area contributed by atoms with E-state index in [1.165, 1.54) is 24.3 Å². The first-order valence-corrected chi connectivity index (χ1v) is 10.3. The van der Waals surface area contributed by atoms with Crippen molar-refractivity contribution in [2.24, 2.45) is 0 Å². The molecule has 0 saturated heterocycles. The number of nitrogens with zero attached hydrogens (tertiary/aromatic N) is 2. The van der Waals surface area contributed by atoms with E-state index >= 15 is 0 Å². The number of fused-ring (bicyclic) bond motifs is 2. The Morgan fingerprint density at radius 2 is 1.17 bits per heavy atom. The summed E-state index contributed by atoms with van der Waals surface area (Å²) in [5.74, 6) is -0.586. The van der Waals surface area contributed by atoms with Crippen LogP contribution in [0.5, 0.6) is 0 Å². The molecule has 0 spiro atoms. The van der Waals surface area contributed by atoms with Crippen LogP contribution in [0.3, 0.4) is 0 Å². The SMILES string of the molecule is Fc1cc(NC2CCCCC2Nc2cc(F)cc3cccnc23)c2ncccc2c1. The van der Waals surface area contributed by atoms with Crippen LogP contribution >= 0.6 is 0 Å². The Hall–Kier alpha value is -3.28. The van der Waals surface area contributed by atoms with Crippen LogP contribution in [-0.2, 0) is 0 Å². The van der Waals surface area contributed by atoms with Gasteiger partial charge < -0.3 is 10.6 Å². The van der Waals surface area contributed by atoms with Gasteiger partial charge in [0.15, 0.2) is 0 Å². The largest absolute Gasteiger partial charge is 0.378 e. The minimum absolute atomic E-state index is 0.0628. The van der Waals surface area contributed by atoms with E-state index in [4.69, 9.17) is 0 Å². The zero-order chi connectivity index (χ0) is 20.5. The predicted octanol–water partition coefficient (Wildman–Crippen LogP) is 5.90. The fourth-order valence-corrected chi connectivity index (χ4v) is 4.41. The lowest BCUT2D eigenvalue weighted by molar-refractivity contribution is 0.424. The highest BCUT2D eigenvalue weighted by Gasteiger charge is 2.26. The highest BCUT2D eigenvalue weighted by atomic mass is 19.1. The van der Waals surface area contributed by atoms with Crippen molar-refractivity contribution in [3.8, 4) is 0 Å². The Labute approximate surface area is 173 Å². The minimum atomic E-state index is -0.293. The van der Waals surface area contributed by atoms with Gasteiger partial charge in [-0.2, -0.15) is 0 Å². The molecule has 5 rings (SSSR count). The molecular weight excluding hydrogens is 382 g/mol. The average Bonchev–Trinajstić information content (AvgIpc) is 2.75. The van der Waals surface area contributed by atoms with Gasteiger partial charge in [-0.25, -0.2) is 8.78 Å². The van der Waals surface area contributed by atoms with Crippen LogP contribution in [0.25, 0.3) is 21.8 Å². The second kappa shape index (κ2) is 7.86. The lowest BCUT2D eigenvalue weighted by Crippen LogP contribution is -2.41. The molecule has 1 aliphatic rings. The third kappa shape index (κ3) is 3.65. The number of hydrogen-bond acceptors (Lipinski definition) is 4. The Balaban J connectivity index is 1.47. The van der Waals surface area contributed by atoms with Crippen LogP contribution in [0.4, 0.5) is 20.2 Å². The first kappa shape index (κ1) is 18.7. The zero-order valence-corrected chi connectivity index (χ0v) is 16.4. The Morgan fingerprint density at radius 1 is 0.700 bits per heavy atom. The smallest absolute Gasteiger partial charge is 0.126 e. The molecule has 4 nitrogen and oxygen atoms in total. The van der Waals surface area contributed by atoms with Gasteiger partial charge in [0.1, 0.15) is 11.6 Å². The number of anilines is 2. The summed E-state index contributed by atoms with van der Waals surface area (Å²) in [5.41, 5.74) is 2.88. The van der Waals surface area contributed by atoms with E-state index in [0.717, 1.165) is 47.5 Å². The van der Waals surface area contributed by atoms with E-state index in [2.05, 4.69) is 20.6 Å². The van der Waals surface area contributed by atoms with Crippen LogP contribution in [0, 0.1) is 11.6 Å². The molecule has 0 radical (unpaired) electrons. The van der Waals surface area contributed by atoms with Gasteiger partial charge in [-0.15, -0.1) is 0 Å². The van der Waals surface area contributed by atoms with Crippen LogP contribution in [0.2, 0.25) is 0 Å². The van der Waals surface area contributed by atoms with Crippen molar-refractivity contribution in [3.05, 3.63) is 72.6 Å². The molecule has 0 amide bonds. The third-order valence-corrected chi connectivity index (χ3v) is 5.79. The van der Waals surface area contributed by atoms with Gasteiger partial charge in [0, 0.05) is 35.2 Å². The summed E-state index contributed by atoms with van der Waals surface area (Å²) in [7, 11) is 0. The van der Waals surface area contributed by atoms with E-state index in [-0.39, 0.29) is 23.7 Å². The number of aromatic nitrogens is 2. The van der Waals surface area contributed by atoms with Gasteiger partial charge in [0.05, 0.1) is 22.4 Å². The topological polar surface area (TPSA) is 49.8 Å². The summed E-state index contributed by atoms with van der Waals surface area (Å²) in [6.45, 7) is 0. The number of rotatable bonds is 4. The van der Waals surface area contributed by atoms with Crippen LogP contribution in [0.15, 0.2) is 60.9 Å². The molecule has 0 bridgehead atoms. The fraction of sp³-hybridized carbons (Fsp3) is 0.250. The molecule has 1 fully saturated rings. The van der Waals surface area contributed by atoms with Gasteiger partial charge in [-0.1, -0.05) is 25.0 Å². The maximum Gasteiger partial charge on any atom is 0.126 e. The van der Waals surface area contributed by atoms with E-state index in [1.54, 1.807) is 24.5 Å². The van der Waals surface area contributed by atoms with Gasteiger partial charge in [0.25, 0.3) is 0 Å². The normalized spacial score (nSPS) is 19.1. The van der Waals surface area contributed by atoms with Crippen molar-refractivity contribution in [1.82, 2.24) is 9.97 Å². The number of pyridine rings is 2. The molecule has 1 saturated carbocycles. The van der Waals surface area contributed by atoms with Crippen LogP contribution in [0.1, 0.15) is 25.7 Å². The van der Waals surface area contributed by atoms with E-state index in [1.807, 2.05) is 12.1 Å². The van der Waals surface area contributed by atoms with Crippen molar-refractivity contribution >= 4 is 33.2 Å². The summed E-state index contributed by atoms with van der Waals surface area (Å²) in [4.78, 5) is 8.88. The summed E-state index contributed by atoms with van der Waals surface area (Å²) >= 11 is 0. The van der Waals surface area contributed by atoms with Crippen molar-refractivity contribution in [3.63, 3.8) is 0 Å². The van der Waals surface area contributed by atoms with Crippen LogP contribution < -0.4 is 10.6 Å². The van der Waals surface area contributed by atoms with Crippen LogP contribution in [-0.4, -0.2) is 22.1 Å². The van der Waals surface area contributed by atoms with Gasteiger partial charge in [-0.05, 0) is 49.2 Å². The van der Waals surface area contributed by atoms with Crippen molar-refractivity contribution in [2.45, 2.75) is 37.8 Å². The molecule has 152 valence electrons. The molecular formula is C24H22F2N4. The van der Waals surface area contributed by atoms with E-state index < -0.39 is 0 Å². The summed E-state index contributed by atoms with van der Waals surface area (Å²) in [6, 6.07) is 13.4. The standard InChI is InChI=1S/C24H22F2N4/c25-17-11-15-5-3-9-27-23(15)21(13-17)29-19-7-1-2-8-20(19)30-22-14-18(26)12-16-6-4-10-28-24(16)22/h3-6,9-14,19-20,29-30H,1-2,7-8H2. The monoisotopic (exact) mass is 404 g/mol. The molecule has 2 heterocycles. The van der Waals surface area contributed by atoms with Gasteiger partial charge in [-0.3, -0.25) is 9.97 Å². The lowest BCUT2D eigenvalue weighted by Gasteiger charge is -2.34. The minimum Gasteiger partial charge on any atom is -0.378 e. The van der Waals surface area contributed by atoms with Crippen molar-refractivity contribution in [1.29, 1.82) is 0 Å². The van der Waals surface area contributed by atoms with Crippen molar-refractivity contribution < 1.29 is 8.78 Å². The number of nitrogens with one attached hydrogen (secondary N) is 2. The summed E-state index contributed by atoms with van der Waals surface area (Å²) in [6.07, 6.45) is 7.46.